The number of rotatable bonds is 3. The minimum Gasteiger partial charge on any atom is -0.398 e. The Hall–Kier alpha value is -1.55. The van der Waals surface area contributed by atoms with Crippen LogP contribution in [0.3, 0.4) is 0 Å². The third kappa shape index (κ3) is 3.97. The van der Waals surface area contributed by atoms with Gasteiger partial charge >= 0.3 is 0 Å². The molecule has 1 aromatic carbocycles. The Morgan fingerprint density at radius 3 is 2.95 bits per heavy atom. The number of benzene rings is 1. The highest BCUT2D eigenvalue weighted by molar-refractivity contribution is 5.92. The molecule has 0 bridgehead atoms. The van der Waals surface area contributed by atoms with E-state index in [0.717, 1.165) is 17.8 Å². The molecule has 1 amide bonds. The summed E-state index contributed by atoms with van der Waals surface area (Å²) in [7, 11) is 0. The van der Waals surface area contributed by atoms with E-state index in [1.807, 2.05) is 25.1 Å². The lowest BCUT2D eigenvalue weighted by atomic mass is 10.1. The van der Waals surface area contributed by atoms with Crippen LogP contribution in [-0.4, -0.2) is 29.9 Å². The summed E-state index contributed by atoms with van der Waals surface area (Å²) in [5, 5.41) is 2.94. The molecule has 2 rings (SSSR count). The van der Waals surface area contributed by atoms with Gasteiger partial charge in [0.25, 0.3) is 0 Å². The lowest BCUT2D eigenvalue weighted by Gasteiger charge is -2.26. The molecule has 1 unspecified atom stereocenters. The van der Waals surface area contributed by atoms with Gasteiger partial charge < -0.3 is 11.1 Å². The molecule has 4 heteroatoms. The first-order valence-corrected chi connectivity index (χ1v) is 7.46. The molecule has 0 aromatic heterocycles. The van der Waals surface area contributed by atoms with Crippen LogP contribution in [0, 0.1) is 6.92 Å². The molecular formula is C16H25N3O. The molecule has 1 aromatic rings. The molecule has 0 spiro atoms. The van der Waals surface area contributed by atoms with Crippen LogP contribution in [0.5, 0.6) is 0 Å². The molecule has 1 fully saturated rings. The smallest absolute Gasteiger partial charge is 0.238 e. The Morgan fingerprint density at radius 2 is 2.20 bits per heavy atom. The predicted molar refractivity (Wildman–Crippen MR) is 83.7 cm³/mol. The van der Waals surface area contributed by atoms with E-state index in [1.54, 1.807) is 0 Å². The third-order valence-electron chi connectivity index (χ3n) is 4.10. The monoisotopic (exact) mass is 275 g/mol. The number of nitrogens with two attached hydrogens (primary N) is 1. The van der Waals surface area contributed by atoms with Crippen molar-refractivity contribution in [1.29, 1.82) is 0 Å². The standard InChI is InChI=1S/C16H25N3O/c1-12-7-8-14(10-15(12)17)18-16(20)11-19-9-5-3-4-6-13(19)2/h7-8,10,13H,3-6,9,11,17H2,1-2H3,(H,18,20). The number of carbonyl (C=O) groups excluding carboxylic acids is 1. The highest BCUT2D eigenvalue weighted by Crippen LogP contribution is 2.18. The van der Waals surface area contributed by atoms with Crippen molar-refractivity contribution in [1.82, 2.24) is 4.90 Å². The predicted octanol–water partition coefficient (Wildman–Crippen LogP) is 2.78. The van der Waals surface area contributed by atoms with Crippen molar-refractivity contribution < 1.29 is 4.79 Å². The summed E-state index contributed by atoms with van der Waals surface area (Å²) in [6.45, 7) is 5.65. The number of nitrogens with one attached hydrogen (secondary N) is 1. The molecule has 0 saturated carbocycles. The number of hydrogen-bond acceptors (Lipinski definition) is 3. The Morgan fingerprint density at radius 1 is 1.40 bits per heavy atom. The fourth-order valence-electron chi connectivity index (χ4n) is 2.67. The molecule has 4 nitrogen and oxygen atoms in total. The Balaban J connectivity index is 1.92. The third-order valence-corrected chi connectivity index (χ3v) is 4.10. The molecule has 110 valence electrons. The summed E-state index contributed by atoms with van der Waals surface area (Å²) in [5.41, 5.74) is 8.39. The second kappa shape index (κ2) is 6.75. The van der Waals surface area contributed by atoms with Crippen LogP contribution in [0.1, 0.15) is 38.2 Å². The van der Waals surface area contributed by atoms with Crippen LogP contribution >= 0.6 is 0 Å². The molecule has 20 heavy (non-hydrogen) atoms. The first-order chi connectivity index (χ1) is 9.56. The minimum atomic E-state index is 0.0435. The van der Waals surface area contributed by atoms with Crippen LogP contribution in [0.25, 0.3) is 0 Å². The summed E-state index contributed by atoms with van der Waals surface area (Å²) in [6.07, 6.45) is 4.92. The molecule has 3 N–H and O–H groups in total. The van der Waals surface area contributed by atoms with E-state index in [1.165, 1.54) is 25.7 Å². The maximum atomic E-state index is 12.1. The lowest BCUT2D eigenvalue weighted by molar-refractivity contribution is -0.117. The van der Waals surface area contributed by atoms with E-state index in [9.17, 15) is 4.79 Å². The number of nitrogens with zero attached hydrogens (tertiary/aromatic N) is 1. The van der Waals surface area contributed by atoms with E-state index in [4.69, 9.17) is 5.73 Å². The van der Waals surface area contributed by atoms with Crippen molar-refractivity contribution in [2.24, 2.45) is 0 Å². The van der Waals surface area contributed by atoms with Crippen molar-refractivity contribution in [3.05, 3.63) is 23.8 Å². The second-order valence-corrected chi connectivity index (χ2v) is 5.79. The van der Waals surface area contributed by atoms with E-state index < -0.39 is 0 Å². The van der Waals surface area contributed by atoms with Crippen LogP contribution in [0.2, 0.25) is 0 Å². The molecule has 0 radical (unpaired) electrons. The molecule has 1 atom stereocenters. The van der Waals surface area contributed by atoms with E-state index >= 15 is 0 Å². The number of anilines is 2. The number of nitrogen functional groups attached to an aromatic ring is 1. The van der Waals surface area contributed by atoms with Gasteiger partial charge in [0.05, 0.1) is 6.54 Å². The van der Waals surface area contributed by atoms with Gasteiger partial charge in [0.15, 0.2) is 0 Å². The zero-order valence-corrected chi connectivity index (χ0v) is 12.5. The Kier molecular flexibility index (Phi) is 5.01. The highest BCUT2D eigenvalue weighted by atomic mass is 16.2. The van der Waals surface area contributed by atoms with E-state index in [2.05, 4.69) is 17.1 Å². The van der Waals surface area contributed by atoms with Gasteiger partial charge in [-0.1, -0.05) is 18.9 Å². The molecule has 0 aliphatic carbocycles. The summed E-state index contributed by atoms with van der Waals surface area (Å²) in [5.74, 6) is 0.0435. The van der Waals surface area contributed by atoms with Crippen molar-refractivity contribution in [2.75, 3.05) is 24.1 Å². The first-order valence-electron chi connectivity index (χ1n) is 7.46. The molecule has 1 heterocycles. The number of carbonyl (C=O) groups is 1. The van der Waals surface area contributed by atoms with Crippen LogP contribution in [0.15, 0.2) is 18.2 Å². The van der Waals surface area contributed by atoms with Gasteiger partial charge in [-0.05, 0) is 50.9 Å². The van der Waals surface area contributed by atoms with Crippen molar-refractivity contribution in [2.45, 2.75) is 45.6 Å². The van der Waals surface area contributed by atoms with E-state index in [-0.39, 0.29) is 5.91 Å². The summed E-state index contributed by atoms with van der Waals surface area (Å²) < 4.78 is 0. The van der Waals surface area contributed by atoms with Crippen molar-refractivity contribution in [3.8, 4) is 0 Å². The normalized spacial score (nSPS) is 20.4. The van der Waals surface area contributed by atoms with Gasteiger partial charge in [-0.3, -0.25) is 9.69 Å². The van der Waals surface area contributed by atoms with Crippen LogP contribution < -0.4 is 11.1 Å². The Bertz CT molecular complexity index is 473. The largest absolute Gasteiger partial charge is 0.398 e. The fraction of sp³-hybridized carbons (Fsp3) is 0.562. The number of amides is 1. The van der Waals surface area contributed by atoms with Crippen molar-refractivity contribution in [3.63, 3.8) is 0 Å². The molecular weight excluding hydrogens is 250 g/mol. The van der Waals surface area contributed by atoms with Crippen molar-refractivity contribution >= 4 is 17.3 Å². The molecule has 1 aliphatic rings. The minimum absolute atomic E-state index is 0.0435. The van der Waals surface area contributed by atoms with Gasteiger partial charge in [-0.15, -0.1) is 0 Å². The number of likely N-dealkylation sites (tertiary alicyclic amines) is 1. The zero-order chi connectivity index (χ0) is 14.5. The van der Waals surface area contributed by atoms with Gasteiger partial charge in [0, 0.05) is 17.4 Å². The summed E-state index contributed by atoms with van der Waals surface area (Å²) in [6, 6.07) is 6.14. The number of aryl methyl sites for hydroxylation is 1. The summed E-state index contributed by atoms with van der Waals surface area (Å²) >= 11 is 0. The van der Waals surface area contributed by atoms with E-state index in [0.29, 0.717) is 18.3 Å². The van der Waals surface area contributed by atoms with Gasteiger partial charge in [-0.2, -0.15) is 0 Å². The first kappa shape index (κ1) is 14.9. The number of hydrogen-bond donors (Lipinski definition) is 2. The quantitative estimate of drug-likeness (QED) is 0.834. The van der Waals surface area contributed by atoms with Crippen LogP contribution in [-0.2, 0) is 4.79 Å². The maximum Gasteiger partial charge on any atom is 0.238 e. The Labute approximate surface area is 121 Å². The summed E-state index contributed by atoms with van der Waals surface area (Å²) in [4.78, 5) is 14.4. The zero-order valence-electron chi connectivity index (χ0n) is 12.5. The van der Waals surface area contributed by atoms with Gasteiger partial charge in [-0.25, -0.2) is 0 Å². The van der Waals surface area contributed by atoms with Gasteiger partial charge in [0.2, 0.25) is 5.91 Å². The average molecular weight is 275 g/mol. The van der Waals surface area contributed by atoms with Gasteiger partial charge in [0.1, 0.15) is 0 Å². The lowest BCUT2D eigenvalue weighted by Crippen LogP contribution is -2.39. The maximum absolute atomic E-state index is 12.1. The average Bonchev–Trinajstić information content (AvgIpc) is 2.59. The SMILES string of the molecule is Cc1ccc(NC(=O)CN2CCCCCC2C)cc1N. The molecule has 1 aliphatic heterocycles. The second-order valence-electron chi connectivity index (χ2n) is 5.79. The fourth-order valence-corrected chi connectivity index (χ4v) is 2.67. The highest BCUT2D eigenvalue weighted by Gasteiger charge is 2.19. The van der Waals surface area contributed by atoms with Crippen LogP contribution in [0.4, 0.5) is 11.4 Å². The topological polar surface area (TPSA) is 58.4 Å². The molecule has 1 saturated heterocycles.